The molecule has 0 aliphatic carbocycles. The van der Waals surface area contributed by atoms with Crippen LogP contribution in [0.5, 0.6) is 0 Å². The highest BCUT2D eigenvalue weighted by molar-refractivity contribution is 7.89. The van der Waals surface area contributed by atoms with E-state index in [0.29, 0.717) is 5.56 Å². The predicted octanol–water partition coefficient (Wildman–Crippen LogP) is 4.01. The second-order valence-electron chi connectivity index (χ2n) is 6.40. The maximum Gasteiger partial charge on any atom is 0.417 e. The Bertz CT molecular complexity index is 1290. The van der Waals surface area contributed by atoms with Crippen molar-refractivity contribution in [1.82, 2.24) is 0 Å². The predicted molar refractivity (Wildman–Crippen MR) is 110 cm³/mol. The highest BCUT2D eigenvalue weighted by atomic mass is 32.2. The molecule has 0 atom stereocenters. The lowest BCUT2D eigenvalue weighted by Crippen LogP contribution is -2.13. The minimum absolute atomic E-state index is 0.000410. The van der Waals surface area contributed by atoms with Gasteiger partial charge in [0.25, 0.3) is 0 Å². The monoisotopic (exact) mass is 444 g/mol. The lowest BCUT2D eigenvalue weighted by molar-refractivity contribution is -0.137. The topological polar surface area (TPSA) is 89.3 Å². The zero-order valence-electron chi connectivity index (χ0n) is 15.8. The molecule has 0 aliphatic rings. The number of halogens is 3. The third kappa shape index (κ3) is 5.72. The Kier molecular flexibility index (Phi) is 6.15. The summed E-state index contributed by atoms with van der Waals surface area (Å²) in [5.74, 6) is 3.76. The number of rotatable bonds is 3. The number of carbonyl (C=O) groups is 1. The number of alkyl halides is 3. The first-order valence-corrected chi connectivity index (χ1v) is 10.3. The lowest BCUT2D eigenvalue weighted by atomic mass is 9.97. The molecule has 0 saturated carbocycles. The van der Waals surface area contributed by atoms with Crippen molar-refractivity contribution in [1.29, 1.82) is 0 Å². The molecule has 3 rings (SSSR count). The number of amides is 1. The molecular formula is C22H15F3N2O3S. The van der Waals surface area contributed by atoms with Crippen molar-refractivity contribution in [3.8, 4) is 23.0 Å². The van der Waals surface area contributed by atoms with Crippen LogP contribution in [-0.4, -0.2) is 14.3 Å². The van der Waals surface area contributed by atoms with Gasteiger partial charge in [-0.15, -0.1) is 0 Å². The van der Waals surface area contributed by atoms with E-state index < -0.39 is 27.7 Å². The van der Waals surface area contributed by atoms with Crippen LogP contribution in [0.1, 0.15) is 11.1 Å². The van der Waals surface area contributed by atoms with Crippen LogP contribution in [0.15, 0.2) is 77.7 Å². The number of sulfonamides is 1. The molecule has 0 bridgehead atoms. The van der Waals surface area contributed by atoms with Gasteiger partial charge in [-0.25, -0.2) is 13.6 Å². The normalized spacial score (nSPS) is 11.4. The van der Waals surface area contributed by atoms with Gasteiger partial charge in [0, 0.05) is 17.2 Å². The van der Waals surface area contributed by atoms with Gasteiger partial charge in [-0.2, -0.15) is 13.2 Å². The summed E-state index contributed by atoms with van der Waals surface area (Å²) in [6, 6.07) is 16.9. The van der Waals surface area contributed by atoms with Crippen LogP contribution in [-0.2, 0) is 21.0 Å². The maximum atomic E-state index is 13.5. The van der Waals surface area contributed by atoms with Crippen molar-refractivity contribution in [2.75, 3.05) is 5.32 Å². The third-order valence-electron chi connectivity index (χ3n) is 4.15. The number of nitrogens with two attached hydrogens (primary N) is 1. The van der Waals surface area contributed by atoms with Crippen molar-refractivity contribution < 1.29 is 26.4 Å². The summed E-state index contributed by atoms with van der Waals surface area (Å²) in [5.41, 5.74) is -0.335. The van der Waals surface area contributed by atoms with Crippen molar-refractivity contribution >= 4 is 21.6 Å². The van der Waals surface area contributed by atoms with Crippen LogP contribution >= 0.6 is 0 Å². The molecule has 0 unspecified atom stereocenters. The summed E-state index contributed by atoms with van der Waals surface area (Å²) in [6.45, 7) is 0. The van der Waals surface area contributed by atoms with Crippen LogP contribution in [0.2, 0.25) is 0 Å². The minimum Gasteiger partial charge on any atom is -0.315 e. The largest absolute Gasteiger partial charge is 0.417 e. The van der Waals surface area contributed by atoms with E-state index in [2.05, 4.69) is 17.2 Å². The minimum atomic E-state index is -4.61. The fourth-order valence-electron chi connectivity index (χ4n) is 2.77. The van der Waals surface area contributed by atoms with E-state index in [0.717, 1.165) is 12.1 Å². The molecule has 0 spiro atoms. The quantitative estimate of drug-likeness (QED) is 0.599. The van der Waals surface area contributed by atoms with Crippen LogP contribution in [0.25, 0.3) is 11.1 Å². The Labute approximate surface area is 176 Å². The summed E-state index contributed by atoms with van der Waals surface area (Å²) >= 11 is 0. The maximum absolute atomic E-state index is 13.5. The van der Waals surface area contributed by atoms with Gasteiger partial charge in [0.1, 0.15) is 0 Å². The van der Waals surface area contributed by atoms with Crippen LogP contribution in [0.4, 0.5) is 18.9 Å². The number of carbonyl (C=O) groups excluding carboxylic acids is 1. The number of benzene rings is 3. The fourth-order valence-corrected chi connectivity index (χ4v) is 3.33. The Morgan fingerprint density at radius 1 is 0.935 bits per heavy atom. The summed E-state index contributed by atoms with van der Waals surface area (Å²) in [7, 11) is -3.96. The molecule has 3 aromatic carbocycles. The van der Waals surface area contributed by atoms with Crippen molar-refractivity contribution in [2.45, 2.75) is 11.1 Å². The molecule has 31 heavy (non-hydrogen) atoms. The SMILES string of the molecule is NS(=O)(=O)c1cccc(NC(=O)C#Cc2ccc(-c3ccccc3)c(C(F)(F)F)c2)c1. The first kappa shape index (κ1) is 22.1. The van der Waals surface area contributed by atoms with E-state index in [4.69, 9.17) is 5.14 Å². The van der Waals surface area contributed by atoms with Crippen LogP contribution < -0.4 is 10.5 Å². The van der Waals surface area contributed by atoms with Gasteiger partial charge < -0.3 is 5.32 Å². The van der Waals surface area contributed by atoms with E-state index in [1.807, 2.05) is 0 Å². The zero-order valence-corrected chi connectivity index (χ0v) is 16.6. The highest BCUT2D eigenvalue weighted by Gasteiger charge is 2.33. The second-order valence-corrected chi connectivity index (χ2v) is 7.96. The molecule has 5 nitrogen and oxygen atoms in total. The van der Waals surface area contributed by atoms with Crippen LogP contribution in [0.3, 0.4) is 0 Å². The standard InChI is InChI=1S/C22H15F3N2O3S/c23-22(24,25)20-13-15(9-11-19(20)16-5-2-1-3-6-16)10-12-21(28)27-17-7-4-8-18(14-17)31(26,29)30/h1-9,11,13-14H,(H,27,28)(H2,26,29,30). The Morgan fingerprint density at radius 2 is 1.65 bits per heavy atom. The van der Waals surface area contributed by atoms with Gasteiger partial charge in [0.2, 0.25) is 10.0 Å². The summed E-state index contributed by atoms with van der Waals surface area (Å²) in [6.07, 6.45) is -4.61. The molecule has 3 aromatic rings. The molecule has 0 aromatic heterocycles. The summed E-state index contributed by atoms with van der Waals surface area (Å²) < 4.78 is 63.4. The van der Waals surface area contributed by atoms with E-state index >= 15 is 0 Å². The van der Waals surface area contributed by atoms with Gasteiger partial charge in [-0.1, -0.05) is 48.4 Å². The van der Waals surface area contributed by atoms with Gasteiger partial charge in [0.15, 0.2) is 0 Å². The number of hydrogen-bond acceptors (Lipinski definition) is 3. The molecular weight excluding hydrogens is 429 g/mol. The van der Waals surface area contributed by atoms with E-state index in [9.17, 15) is 26.4 Å². The zero-order chi connectivity index (χ0) is 22.6. The Hall–Kier alpha value is -3.61. The van der Waals surface area contributed by atoms with Crippen molar-refractivity contribution in [3.05, 3.63) is 83.9 Å². The Balaban J connectivity index is 1.86. The number of primary sulfonamides is 1. The van der Waals surface area contributed by atoms with Gasteiger partial charge in [-0.05, 0) is 41.5 Å². The molecule has 9 heteroatoms. The van der Waals surface area contributed by atoms with E-state index in [-0.39, 0.29) is 21.7 Å². The first-order valence-electron chi connectivity index (χ1n) is 8.76. The molecule has 0 radical (unpaired) electrons. The van der Waals surface area contributed by atoms with E-state index in [1.54, 1.807) is 30.3 Å². The molecule has 158 valence electrons. The molecule has 0 heterocycles. The van der Waals surface area contributed by atoms with Crippen molar-refractivity contribution in [2.24, 2.45) is 5.14 Å². The summed E-state index contributed by atoms with van der Waals surface area (Å²) in [5, 5.41) is 7.39. The van der Waals surface area contributed by atoms with Gasteiger partial charge >= 0.3 is 12.1 Å². The molecule has 0 aliphatic heterocycles. The number of anilines is 1. The van der Waals surface area contributed by atoms with E-state index in [1.165, 1.54) is 30.3 Å². The lowest BCUT2D eigenvalue weighted by Gasteiger charge is -2.13. The number of hydrogen-bond donors (Lipinski definition) is 2. The molecule has 3 N–H and O–H groups in total. The average molecular weight is 444 g/mol. The number of nitrogens with one attached hydrogen (secondary N) is 1. The van der Waals surface area contributed by atoms with Crippen LogP contribution in [0, 0.1) is 11.8 Å². The van der Waals surface area contributed by atoms with Gasteiger partial charge in [-0.3, -0.25) is 4.79 Å². The highest BCUT2D eigenvalue weighted by Crippen LogP contribution is 2.37. The Morgan fingerprint density at radius 3 is 2.29 bits per heavy atom. The summed E-state index contributed by atoms with van der Waals surface area (Å²) in [4.78, 5) is 11.8. The molecule has 0 fully saturated rings. The fraction of sp³-hybridized carbons (Fsp3) is 0.0455. The smallest absolute Gasteiger partial charge is 0.315 e. The average Bonchev–Trinajstić information content (AvgIpc) is 2.72. The second kappa shape index (κ2) is 8.63. The van der Waals surface area contributed by atoms with Gasteiger partial charge in [0.05, 0.1) is 10.5 Å². The molecule has 0 saturated heterocycles. The van der Waals surface area contributed by atoms with Crippen molar-refractivity contribution in [3.63, 3.8) is 0 Å². The third-order valence-corrected chi connectivity index (χ3v) is 5.06. The first-order chi connectivity index (χ1) is 14.5. The molecule has 1 amide bonds.